The van der Waals surface area contributed by atoms with Gasteiger partial charge in [0.2, 0.25) is 0 Å². The van der Waals surface area contributed by atoms with Crippen molar-refractivity contribution in [3.8, 4) is 0 Å². The maximum absolute atomic E-state index is 4.47. The van der Waals surface area contributed by atoms with Gasteiger partial charge < -0.3 is 9.13 Å². The van der Waals surface area contributed by atoms with Gasteiger partial charge in [0.25, 0.3) is 0 Å². The molecule has 4 nitrogen and oxygen atoms in total. The van der Waals surface area contributed by atoms with Crippen LogP contribution < -0.4 is 0 Å². The molecule has 0 N–H and O–H groups in total. The average molecular weight is 276 g/mol. The first-order valence-corrected chi connectivity index (χ1v) is 7.21. The highest BCUT2D eigenvalue weighted by molar-refractivity contribution is 5.15. The fourth-order valence-corrected chi connectivity index (χ4v) is 2.18. The number of hydrogen-bond acceptors (Lipinski definition) is 2. The molecule has 0 spiro atoms. The van der Waals surface area contributed by atoms with Crippen molar-refractivity contribution in [3.63, 3.8) is 0 Å². The van der Waals surface area contributed by atoms with E-state index in [0.717, 1.165) is 5.69 Å². The summed E-state index contributed by atoms with van der Waals surface area (Å²) in [7, 11) is 4.09. The number of nitrogens with zero attached hydrogens (tertiary/aromatic N) is 4. The molecule has 112 valence electrons. The maximum Gasteiger partial charge on any atom is 0.111 e. The third-order valence-electron chi connectivity index (χ3n) is 3.61. The van der Waals surface area contributed by atoms with Crippen molar-refractivity contribution in [2.24, 2.45) is 14.1 Å². The van der Waals surface area contributed by atoms with E-state index in [9.17, 15) is 0 Å². The van der Waals surface area contributed by atoms with Crippen molar-refractivity contribution in [1.82, 2.24) is 19.1 Å². The minimum atomic E-state index is 0.521. The molecule has 0 amide bonds. The lowest BCUT2D eigenvalue weighted by molar-refractivity contribution is 0.700. The lowest BCUT2D eigenvalue weighted by atomic mass is 10.1. The maximum atomic E-state index is 4.47. The van der Waals surface area contributed by atoms with E-state index in [1.807, 2.05) is 24.1 Å². The van der Waals surface area contributed by atoms with Crippen LogP contribution in [0.1, 0.15) is 62.4 Å². The number of aromatic nitrogens is 4. The zero-order valence-corrected chi connectivity index (χ0v) is 14.1. The van der Waals surface area contributed by atoms with Crippen LogP contribution in [0.15, 0.2) is 12.5 Å². The van der Waals surface area contributed by atoms with E-state index in [-0.39, 0.29) is 0 Å². The van der Waals surface area contributed by atoms with Gasteiger partial charge >= 0.3 is 0 Å². The Morgan fingerprint density at radius 3 is 1.80 bits per heavy atom. The number of rotatable bonds is 2. The topological polar surface area (TPSA) is 35.6 Å². The summed E-state index contributed by atoms with van der Waals surface area (Å²) >= 11 is 0. The first-order chi connectivity index (χ1) is 9.25. The van der Waals surface area contributed by atoms with Crippen molar-refractivity contribution in [2.45, 2.75) is 53.4 Å². The van der Waals surface area contributed by atoms with Crippen LogP contribution in [-0.4, -0.2) is 19.1 Å². The van der Waals surface area contributed by atoms with Gasteiger partial charge in [0.05, 0.1) is 12.0 Å². The number of hydrogen-bond donors (Lipinski definition) is 0. The summed E-state index contributed by atoms with van der Waals surface area (Å²) in [6.07, 6.45) is 3.74. The molecule has 0 radical (unpaired) electrons. The van der Waals surface area contributed by atoms with Crippen molar-refractivity contribution < 1.29 is 0 Å². The van der Waals surface area contributed by atoms with Crippen molar-refractivity contribution in [3.05, 3.63) is 35.4 Å². The largest absolute Gasteiger partial charge is 0.337 e. The molecule has 2 aromatic rings. The first-order valence-electron chi connectivity index (χ1n) is 7.21. The van der Waals surface area contributed by atoms with Crippen LogP contribution >= 0.6 is 0 Å². The molecule has 0 saturated carbocycles. The zero-order valence-electron chi connectivity index (χ0n) is 14.1. The van der Waals surface area contributed by atoms with Gasteiger partial charge in [0.15, 0.2) is 0 Å². The first kappa shape index (κ1) is 16.5. The average Bonchev–Trinajstić information content (AvgIpc) is 2.89. The predicted octanol–water partition coefficient (Wildman–Crippen LogP) is 3.70. The highest BCUT2D eigenvalue weighted by atomic mass is 15.1. The minimum Gasteiger partial charge on any atom is -0.337 e. The van der Waals surface area contributed by atoms with Crippen molar-refractivity contribution in [1.29, 1.82) is 0 Å². The third kappa shape index (κ3) is 3.71. The summed E-state index contributed by atoms with van der Waals surface area (Å²) in [5, 5.41) is 0. The second kappa shape index (κ2) is 6.73. The van der Waals surface area contributed by atoms with E-state index in [1.165, 1.54) is 17.2 Å². The molecule has 0 saturated heterocycles. The highest BCUT2D eigenvalue weighted by Gasteiger charge is 2.09. The normalized spacial score (nSPS) is 10.9. The Morgan fingerprint density at radius 2 is 1.60 bits per heavy atom. The molecule has 0 aliphatic rings. The lowest BCUT2D eigenvalue weighted by Crippen LogP contribution is -2.00. The van der Waals surface area contributed by atoms with Crippen LogP contribution in [0.2, 0.25) is 0 Å². The fourth-order valence-electron chi connectivity index (χ4n) is 2.18. The van der Waals surface area contributed by atoms with Gasteiger partial charge in [-0.3, -0.25) is 0 Å². The molecule has 2 heterocycles. The van der Waals surface area contributed by atoms with Crippen LogP contribution in [0.3, 0.4) is 0 Å². The summed E-state index contributed by atoms with van der Waals surface area (Å²) in [6.45, 7) is 12.8. The quantitative estimate of drug-likeness (QED) is 0.838. The summed E-state index contributed by atoms with van der Waals surface area (Å²) in [6, 6.07) is 0. The van der Waals surface area contributed by atoms with Crippen LogP contribution in [-0.2, 0) is 14.1 Å². The van der Waals surface area contributed by atoms with E-state index in [2.05, 4.69) is 63.1 Å². The molecule has 20 heavy (non-hydrogen) atoms. The lowest BCUT2D eigenvalue weighted by Gasteiger charge is -2.04. The summed E-state index contributed by atoms with van der Waals surface area (Å²) < 4.78 is 4.21. The molecule has 0 fully saturated rings. The third-order valence-corrected chi connectivity index (χ3v) is 3.61. The molecule has 0 bridgehead atoms. The number of imidazole rings is 2. The molecule has 0 aromatic carbocycles. The van der Waals surface area contributed by atoms with E-state index >= 15 is 0 Å². The Morgan fingerprint density at radius 1 is 1.00 bits per heavy atom. The van der Waals surface area contributed by atoms with Crippen LogP contribution in [0.25, 0.3) is 0 Å². The van der Waals surface area contributed by atoms with Crippen LogP contribution in [0, 0.1) is 13.8 Å². The van der Waals surface area contributed by atoms with E-state index in [4.69, 9.17) is 0 Å². The van der Waals surface area contributed by atoms with E-state index in [0.29, 0.717) is 11.8 Å². The van der Waals surface area contributed by atoms with Gasteiger partial charge in [-0.1, -0.05) is 27.7 Å². The fraction of sp³-hybridized carbons (Fsp3) is 0.625. The summed E-state index contributed by atoms with van der Waals surface area (Å²) in [4.78, 5) is 8.48. The minimum absolute atomic E-state index is 0.521. The molecular weight excluding hydrogens is 248 g/mol. The smallest absolute Gasteiger partial charge is 0.111 e. The molecule has 2 aromatic heterocycles. The standard InChI is InChI=1S/C9H16N2.C7H12N2/c1-6(2)9-10-7(3)8(4)11(9)5;1-6(2)7-4-8-5-9(7)3/h6H,1-5H3;4-6H,1-3H3. The van der Waals surface area contributed by atoms with Crippen LogP contribution in [0.4, 0.5) is 0 Å². The van der Waals surface area contributed by atoms with Gasteiger partial charge in [-0.2, -0.15) is 0 Å². The second-order valence-electron chi connectivity index (χ2n) is 5.94. The van der Waals surface area contributed by atoms with E-state index < -0.39 is 0 Å². The Balaban J connectivity index is 0.000000204. The van der Waals surface area contributed by atoms with Gasteiger partial charge in [-0.05, 0) is 19.8 Å². The molecule has 0 aliphatic carbocycles. The summed E-state index contributed by atoms with van der Waals surface area (Å²) in [5.74, 6) is 2.28. The highest BCUT2D eigenvalue weighted by Crippen LogP contribution is 2.15. The van der Waals surface area contributed by atoms with Gasteiger partial charge in [0, 0.05) is 37.6 Å². The molecule has 4 heteroatoms. The Hall–Kier alpha value is -1.58. The van der Waals surface area contributed by atoms with Crippen molar-refractivity contribution >= 4 is 0 Å². The summed E-state index contributed by atoms with van der Waals surface area (Å²) in [5.41, 5.74) is 3.71. The molecule has 0 aliphatic heterocycles. The monoisotopic (exact) mass is 276 g/mol. The molecule has 2 rings (SSSR count). The Bertz CT molecular complexity index is 547. The molecule has 0 atom stereocenters. The molecule has 0 unspecified atom stereocenters. The zero-order chi connectivity index (χ0) is 15.4. The SMILES string of the molecule is CC(C)c1cncn1C.Cc1nc(C(C)C)n(C)c1C. The second-order valence-corrected chi connectivity index (χ2v) is 5.94. The van der Waals surface area contributed by atoms with Crippen molar-refractivity contribution in [2.75, 3.05) is 0 Å². The number of aryl methyl sites for hydroxylation is 2. The van der Waals surface area contributed by atoms with Gasteiger partial charge in [0.1, 0.15) is 5.82 Å². The Labute approximate surface area is 122 Å². The van der Waals surface area contributed by atoms with Gasteiger partial charge in [-0.25, -0.2) is 9.97 Å². The van der Waals surface area contributed by atoms with E-state index in [1.54, 1.807) is 0 Å². The van der Waals surface area contributed by atoms with Gasteiger partial charge in [-0.15, -0.1) is 0 Å². The van der Waals surface area contributed by atoms with Crippen LogP contribution in [0.5, 0.6) is 0 Å². The Kier molecular flexibility index (Phi) is 5.54. The predicted molar refractivity (Wildman–Crippen MR) is 84.1 cm³/mol. The molecular formula is C16H28N4.